The van der Waals surface area contributed by atoms with Gasteiger partial charge >= 0.3 is 0 Å². The Labute approximate surface area is 220 Å². The second kappa shape index (κ2) is 10.3. The van der Waals surface area contributed by atoms with Gasteiger partial charge < -0.3 is 25.2 Å². The normalized spacial score (nSPS) is 18.4. The maximum absolute atomic E-state index is 14.1. The summed E-state index contributed by atoms with van der Waals surface area (Å²) in [5.74, 6) is -0.535. The number of benzene rings is 3. The first kappa shape index (κ1) is 25.4. The van der Waals surface area contributed by atoms with Gasteiger partial charge in [0.15, 0.2) is 5.78 Å². The van der Waals surface area contributed by atoms with Crippen molar-refractivity contribution in [2.24, 2.45) is 0 Å². The lowest BCUT2D eigenvalue weighted by atomic mass is 9.97. The zero-order valence-corrected chi connectivity index (χ0v) is 21.6. The van der Waals surface area contributed by atoms with Gasteiger partial charge in [0, 0.05) is 24.0 Å². The van der Waals surface area contributed by atoms with Gasteiger partial charge in [0.25, 0.3) is 5.91 Å². The van der Waals surface area contributed by atoms with Crippen LogP contribution in [0.5, 0.6) is 5.75 Å². The molecule has 196 valence electrons. The van der Waals surface area contributed by atoms with Crippen LogP contribution in [0.2, 0.25) is 0 Å². The van der Waals surface area contributed by atoms with Crippen LogP contribution in [0.4, 0.5) is 11.4 Å². The third kappa shape index (κ3) is 4.50. The molecule has 0 fully saturated rings. The quantitative estimate of drug-likeness (QED) is 0.555. The summed E-state index contributed by atoms with van der Waals surface area (Å²) in [5.41, 5.74) is 2.38. The fraction of sp³-hybridized carbons (Fsp3) is 0.310. The van der Waals surface area contributed by atoms with Crippen LogP contribution in [0, 0.1) is 0 Å². The molecule has 3 aromatic rings. The molecule has 0 aliphatic carbocycles. The Kier molecular flexibility index (Phi) is 6.86. The van der Waals surface area contributed by atoms with Gasteiger partial charge in [-0.3, -0.25) is 19.2 Å². The average Bonchev–Trinajstić information content (AvgIpc) is 3.05. The molecule has 3 aromatic carbocycles. The van der Waals surface area contributed by atoms with E-state index in [9.17, 15) is 19.2 Å². The van der Waals surface area contributed by atoms with Gasteiger partial charge in [-0.05, 0) is 49.0 Å². The number of nitrogens with zero attached hydrogens (tertiary/aromatic N) is 2. The molecular weight excluding hydrogens is 484 g/mol. The predicted molar refractivity (Wildman–Crippen MR) is 145 cm³/mol. The van der Waals surface area contributed by atoms with Gasteiger partial charge in [-0.2, -0.15) is 0 Å². The summed E-state index contributed by atoms with van der Waals surface area (Å²) in [6.45, 7) is 1.79. The minimum atomic E-state index is -0.998. The van der Waals surface area contributed by atoms with E-state index in [2.05, 4.69) is 10.6 Å². The molecule has 0 unspecified atom stereocenters. The maximum Gasteiger partial charge on any atom is 0.251 e. The van der Waals surface area contributed by atoms with Gasteiger partial charge in [-0.25, -0.2) is 0 Å². The maximum atomic E-state index is 14.1. The van der Waals surface area contributed by atoms with Crippen LogP contribution in [0.25, 0.3) is 10.8 Å². The van der Waals surface area contributed by atoms with Gasteiger partial charge in [0.05, 0.1) is 37.6 Å². The average molecular weight is 515 g/mol. The molecule has 0 saturated heterocycles. The number of rotatable bonds is 4. The smallest absolute Gasteiger partial charge is 0.251 e. The van der Waals surface area contributed by atoms with E-state index in [0.717, 1.165) is 16.3 Å². The second-order valence-corrected chi connectivity index (χ2v) is 9.59. The van der Waals surface area contributed by atoms with Crippen molar-refractivity contribution in [3.05, 3.63) is 65.7 Å². The fourth-order valence-corrected chi connectivity index (χ4v) is 5.08. The zero-order valence-electron chi connectivity index (χ0n) is 21.6. The molecule has 9 heteroatoms. The van der Waals surface area contributed by atoms with Gasteiger partial charge in [-0.1, -0.05) is 30.3 Å². The van der Waals surface area contributed by atoms with E-state index >= 15 is 0 Å². The number of likely N-dealkylation sites (N-methyl/N-ethyl adjacent to an activating group) is 1. The van der Waals surface area contributed by atoms with Gasteiger partial charge in [0.1, 0.15) is 11.8 Å². The molecule has 3 heterocycles. The first-order chi connectivity index (χ1) is 18.3. The van der Waals surface area contributed by atoms with E-state index in [1.54, 1.807) is 50.2 Å². The number of amides is 3. The van der Waals surface area contributed by atoms with Crippen molar-refractivity contribution in [1.29, 1.82) is 0 Å². The van der Waals surface area contributed by atoms with Crippen molar-refractivity contribution in [3.63, 3.8) is 0 Å². The molecule has 38 heavy (non-hydrogen) atoms. The highest BCUT2D eigenvalue weighted by Gasteiger charge is 2.38. The number of anilines is 2. The van der Waals surface area contributed by atoms with E-state index in [4.69, 9.17) is 4.74 Å². The van der Waals surface area contributed by atoms with Crippen molar-refractivity contribution >= 4 is 45.7 Å². The standard InChI is InChI=1S/C29H30N4O5/c1-17(30-2)28(36)31-22-16-32-23-6-4-5-7-24(23)33(29(22)37)15-21-20-10-8-19(25(34)11-13-27(32)35)14-18(20)9-12-26(21)38-3/h4-10,12,14,17,22,30H,11,13,15-16H2,1-3H3,(H,31,36)/t17-,22-/m0/s1. The third-order valence-electron chi connectivity index (χ3n) is 7.35. The lowest BCUT2D eigenvalue weighted by molar-refractivity contribution is -0.128. The highest BCUT2D eigenvalue weighted by Crippen LogP contribution is 2.38. The number of para-hydroxylation sites is 2. The van der Waals surface area contributed by atoms with Crippen molar-refractivity contribution in [2.45, 2.75) is 38.4 Å². The molecule has 0 radical (unpaired) electrons. The monoisotopic (exact) mass is 514 g/mol. The minimum absolute atomic E-state index is 0.0253. The first-order valence-corrected chi connectivity index (χ1v) is 12.6. The van der Waals surface area contributed by atoms with Gasteiger partial charge in [0.2, 0.25) is 11.8 Å². The van der Waals surface area contributed by atoms with Crippen LogP contribution >= 0.6 is 0 Å². The molecule has 0 spiro atoms. The Bertz CT molecular complexity index is 1450. The third-order valence-corrected chi connectivity index (χ3v) is 7.35. The lowest BCUT2D eigenvalue weighted by Gasteiger charge is -2.27. The number of fused-ring (bicyclic) bond motifs is 4. The van der Waals surface area contributed by atoms with Crippen molar-refractivity contribution < 1.29 is 23.9 Å². The number of carbonyl (C=O) groups is 4. The summed E-state index contributed by atoms with van der Waals surface area (Å²) in [4.78, 5) is 56.7. The molecule has 0 saturated carbocycles. The largest absolute Gasteiger partial charge is 0.496 e. The number of carbonyl (C=O) groups excluding carboxylic acids is 4. The van der Waals surface area contributed by atoms with E-state index in [1.165, 1.54) is 4.90 Å². The molecule has 3 aliphatic heterocycles. The summed E-state index contributed by atoms with van der Waals surface area (Å²) in [6.07, 6.45) is -0.00165. The number of ether oxygens (including phenoxy) is 1. The predicted octanol–water partition coefficient (Wildman–Crippen LogP) is 2.80. The molecular formula is C29H30N4O5. The Morgan fingerprint density at radius 1 is 1.00 bits per heavy atom. The fourth-order valence-electron chi connectivity index (χ4n) is 5.08. The Balaban J connectivity index is 1.73. The molecule has 0 aromatic heterocycles. The van der Waals surface area contributed by atoms with Crippen molar-refractivity contribution in [1.82, 2.24) is 10.6 Å². The highest BCUT2D eigenvalue weighted by atomic mass is 16.5. The molecule has 3 amide bonds. The van der Waals surface area contributed by atoms with Crippen molar-refractivity contribution in [3.8, 4) is 5.75 Å². The minimum Gasteiger partial charge on any atom is -0.496 e. The first-order valence-electron chi connectivity index (χ1n) is 12.6. The van der Waals surface area contributed by atoms with Crippen LogP contribution in [-0.4, -0.2) is 56.3 Å². The van der Waals surface area contributed by atoms with Crippen LogP contribution < -0.4 is 25.2 Å². The number of methoxy groups -OCH3 is 1. The van der Waals surface area contributed by atoms with E-state index in [0.29, 0.717) is 22.7 Å². The second-order valence-electron chi connectivity index (χ2n) is 9.59. The SMILES string of the molecule is CN[C@@H](C)C(=O)N[C@H]1CN2C(=O)CCC(=O)c3ccc4c(c(OC)ccc4c3)CN(C1=O)c1ccccc12. The van der Waals surface area contributed by atoms with E-state index < -0.39 is 12.1 Å². The number of hydrogen-bond acceptors (Lipinski definition) is 6. The van der Waals surface area contributed by atoms with Crippen LogP contribution in [-0.2, 0) is 20.9 Å². The number of Topliss-reactive ketones (excluding diaryl/α,β-unsaturated/α-hetero) is 1. The van der Waals surface area contributed by atoms with Crippen LogP contribution in [0.15, 0.2) is 54.6 Å². The number of hydrogen-bond donors (Lipinski definition) is 2. The molecule has 9 nitrogen and oxygen atoms in total. The topological polar surface area (TPSA) is 108 Å². The summed E-state index contributed by atoms with van der Waals surface area (Å²) in [7, 11) is 3.23. The van der Waals surface area contributed by atoms with E-state index in [-0.39, 0.29) is 49.4 Å². The summed E-state index contributed by atoms with van der Waals surface area (Å²) >= 11 is 0. The zero-order chi connectivity index (χ0) is 27.0. The van der Waals surface area contributed by atoms with Gasteiger partial charge in [-0.15, -0.1) is 0 Å². The van der Waals surface area contributed by atoms with Crippen LogP contribution in [0.3, 0.4) is 0 Å². The molecule has 2 N–H and O–H groups in total. The molecule has 3 aliphatic rings. The Hall–Kier alpha value is -4.24. The lowest BCUT2D eigenvalue weighted by Crippen LogP contribution is -2.55. The molecule has 6 bridgehead atoms. The molecule has 6 rings (SSSR count). The summed E-state index contributed by atoms with van der Waals surface area (Å²) < 4.78 is 5.69. The Morgan fingerprint density at radius 2 is 1.74 bits per heavy atom. The van der Waals surface area contributed by atoms with E-state index in [1.807, 2.05) is 30.3 Å². The molecule has 2 atom stereocenters. The summed E-state index contributed by atoms with van der Waals surface area (Å²) in [5, 5.41) is 7.41. The highest BCUT2D eigenvalue weighted by molar-refractivity contribution is 6.10. The summed E-state index contributed by atoms with van der Waals surface area (Å²) in [6, 6.07) is 14.8. The Morgan fingerprint density at radius 3 is 2.45 bits per heavy atom. The van der Waals surface area contributed by atoms with Crippen molar-refractivity contribution in [2.75, 3.05) is 30.5 Å². The number of nitrogens with one attached hydrogen (secondary N) is 2. The number of ketones is 1. The van der Waals surface area contributed by atoms with Crippen LogP contribution in [0.1, 0.15) is 35.7 Å².